The van der Waals surface area contributed by atoms with Crippen molar-refractivity contribution in [1.82, 2.24) is 20.0 Å². The smallest absolute Gasteiger partial charge is 0.289 e. The summed E-state index contributed by atoms with van der Waals surface area (Å²) in [5.74, 6) is -0.833. The van der Waals surface area contributed by atoms with Gasteiger partial charge in [-0.15, -0.1) is 0 Å². The van der Waals surface area contributed by atoms with E-state index < -0.39 is 6.04 Å². The largest absolute Gasteiger partial charge is 0.459 e. The molecule has 1 aromatic carbocycles. The van der Waals surface area contributed by atoms with Gasteiger partial charge in [-0.1, -0.05) is 17.7 Å². The van der Waals surface area contributed by atoms with E-state index in [0.717, 1.165) is 0 Å². The highest BCUT2D eigenvalue weighted by Gasteiger charge is 2.35. The number of anilines is 1. The van der Waals surface area contributed by atoms with Crippen LogP contribution in [0.3, 0.4) is 0 Å². The number of hydrogen-bond donors (Lipinski definition) is 2. The Kier molecular flexibility index (Phi) is 7.49. The number of rotatable bonds is 6. The van der Waals surface area contributed by atoms with E-state index in [-0.39, 0.29) is 36.6 Å². The number of carbonyl (C=O) groups is 4. The van der Waals surface area contributed by atoms with Crippen LogP contribution >= 0.6 is 11.6 Å². The first-order valence-corrected chi connectivity index (χ1v) is 11.5. The van der Waals surface area contributed by atoms with Gasteiger partial charge in [-0.2, -0.15) is 0 Å². The molecule has 1 atom stereocenters. The zero-order valence-corrected chi connectivity index (χ0v) is 19.3. The van der Waals surface area contributed by atoms with Gasteiger partial charge in [0.25, 0.3) is 5.91 Å². The molecule has 2 fully saturated rings. The van der Waals surface area contributed by atoms with E-state index in [1.54, 1.807) is 41.3 Å². The topological polar surface area (TPSA) is 115 Å². The maximum Gasteiger partial charge on any atom is 0.289 e. The van der Waals surface area contributed by atoms with Gasteiger partial charge in [-0.05, 0) is 30.3 Å². The van der Waals surface area contributed by atoms with Gasteiger partial charge >= 0.3 is 0 Å². The molecular formula is C23H26ClN5O5. The molecule has 2 aromatic rings. The monoisotopic (exact) mass is 487 g/mol. The summed E-state index contributed by atoms with van der Waals surface area (Å²) in [7, 11) is 0. The lowest BCUT2D eigenvalue weighted by Crippen LogP contribution is -2.60. The number of furan rings is 1. The molecular weight excluding hydrogens is 462 g/mol. The van der Waals surface area contributed by atoms with Gasteiger partial charge in [-0.25, -0.2) is 0 Å². The predicted octanol–water partition coefficient (Wildman–Crippen LogP) is 1.05. The Labute approximate surface area is 201 Å². The van der Waals surface area contributed by atoms with Crippen molar-refractivity contribution in [1.29, 1.82) is 0 Å². The molecule has 1 aromatic heterocycles. The highest BCUT2D eigenvalue weighted by Crippen LogP contribution is 2.17. The first-order valence-electron chi connectivity index (χ1n) is 11.1. The number of amides is 4. The van der Waals surface area contributed by atoms with Crippen LogP contribution in [0.15, 0.2) is 47.1 Å². The van der Waals surface area contributed by atoms with Crippen molar-refractivity contribution in [3.05, 3.63) is 53.4 Å². The molecule has 34 heavy (non-hydrogen) atoms. The van der Waals surface area contributed by atoms with Crippen molar-refractivity contribution < 1.29 is 23.6 Å². The zero-order valence-electron chi connectivity index (χ0n) is 18.5. The van der Waals surface area contributed by atoms with Crippen LogP contribution in [0.5, 0.6) is 0 Å². The van der Waals surface area contributed by atoms with Crippen molar-refractivity contribution in [3.63, 3.8) is 0 Å². The number of piperazine rings is 2. The summed E-state index contributed by atoms with van der Waals surface area (Å²) < 4.78 is 5.17. The summed E-state index contributed by atoms with van der Waals surface area (Å²) in [5, 5.41) is 5.93. The van der Waals surface area contributed by atoms with Crippen LogP contribution in [0, 0.1) is 0 Å². The Hall–Kier alpha value is -3.37. The molecule has 2 aliphatic rings. The van der Waals surface area contributed by atoms with Crippen molar-refractivity contribution in [2.24, 2.45) is 0 Å². The van der Waals surface area contributed by atoms with Crippen molar-refractivity contribution in [2.45, 2.75) is 12.5 Å². The summed E-state index contributed by atoms with van der Waals surface area (Å²) in [6.07, 6.45) is 1.30. The van der Waals surface area contributed by atoms with Crippen LogP contribution < -0.4 is 10.6 Å². The minimum atomic E-state index is -0.887. The van der Waals surface area contributed by atoms with Crippen LogP contribution in [-0.4, -0.2) is 90.2 Å². The van der Waals surface area contributed by atoms with E-state index in [1.165, 1.54) is 11.2 Å². The van der Waals surface area contributed by atoms with Gasteiger partial charge in [-0.3, -0.25) is 24.1 Å². The lowest BCUT2D eigenvalue weighted by Gasteiger charge is -2.38. The van der Waals surface area contributed by atoms with Gasteiger partial charge in [0.05, 0.1) is 19.2 Å². The van der Waals surface area contributed by atoms with E-state index in [4.69, 9.17) is 16.0 Å². The molecule has 4 rings (SSSR count). The van der Waals surface area contributed by atoms with Gasteiger partial charge in [0.15, 0.2) is 5.76 Å². The Balaban J connectivity index is 1.31. The summed E-state index contributed by atoms with van der Waals surface area (Å²) >= 11 is 5.95. The number of hydrogen-bond acceptors (Lipinski definition) is 6. The van der Waals surface area contributed by atoms with Crippen LogP contribution in [0.25, 0.3) is 0 Å². The fourth-order valence-electron chi connectivity index (χ4n) is 4.12. The average Bonchev–Trinajstić information content (AvgIpc) is 3.35. The Morgan fingerprint density at radius 3 is 2.59 bits per heavy atom. The van der Waals surface area contributed by atoms with E-state index in [9.17, 15) is 19.2 Å². The molecule has 2 N–H and O–H groups in total. The van der Waals surface area contributed by atoms with Crippen molar-refractivity contribution in [3.8, 4) is 0 Å². The lowest BCUT2D eigenvalue weighted by molar-refractivity contribution is -0.145. The standard InChI is InChI=1S/C23H26ClN5O5/c24-16-3-1-4-17(13-16)26-20(30)14-18-22(32)25-6-7-29(18)21(31)15-27-8-10-28(11-9-27)23(33)19-5-2-12-34-19/h1-5,12-13,18H,6-11,14-15H2,(H,25,32)(H,26,30)/t18-/m0/s1. The molecule has 11 heteroatoms. The summed E-state index contributed by atoms with van der Waals surface area (Å²) in [6, 6.07) is 9.12. The van der Waals surface area contributed by atoms with Crippen molar-refractivity contribution in [2.75, 3.05) is 51.1 Å². The Morgan fingerprint density at radius 1 is 1.09 bits per heavy atom. The third-order valence-corrected chi connectivity index (χ3v) is 6.12. The third kappa shape index (κ3) is 5.75. The molecule has 0 unspecified atom stereocenters. The fourth-order valence-corrected chi connectivity index (χ4v) is 4.31. The fraction of sp³-hybridized carbons (Fsp3) is 0.391. The van der Waals surface area contributed by atoms with E-state index in [1.807, 2.05) is 4.90 Å². The second kappa shape index (κ2) is 10.7. The van der Waals surface area contributed by atoms with Gasteiger partial charge < -0.3 is 24.9 Å². The Morgan fingerprint density at radius 2 is 1.88 bits per heavy atom. The van der Waals surface area contributed by atoms with Gasteiger partial charge in [0.1, 0.15) is 6.04 Å². The van der Waals surface area contributed by atoms with Crippen LogP contribution in [0.1, 0.15) is 17.0 Å². The summed E-state index contributed by atoms with van der Waals surface area (Å²) in [6.45, 7) is 2.77. The molecule has 0 radical (unpaired) electrons. The second-order valence-electron chi connectivity index (χ2n) is 8.20. The molecule has 10 nitrogen and oxygen atoms in total. The van der Waals surface area contributed by atoms with Crippen LogP contribution in [-0.2, 0) is 14.4 Å². The normalized spacial score (nSPS) is 19.0. The summed E-state index contributed by atoms with van der Waals surface area (Å²) in [4.78, 5) is 55.7. The minimum Gasteiger partial charge on any atom is -0.459 e. The average molecular weight is 488 g/mol. The van der Waals surface area contributed by atoms with E-state index in [0.29, 0.717) is 55.7 Å². The number of nitrogens with zero attached hydrogens (tertiary/aromatic N) is 3. The molecule has 0 spiro atoms. The maximum atomic E-state index is 13.1. The third-order valence-electron chi connectivity index (χ3n) is 5.89. The molecule has 2 aliphatic heterocycles. The van der Waals surface area contributed by atoms with Crippen LogP contribution in [0.4, 0.5) is 5.69 Å². The second-order valence-corrected chi connectivity index (χ2v) is 8.64. The van der Waals surface area contributed by atoms with Gasteiger partial charge in [0, 0.05) is 50.0 Å². The first-order chi connectivity index (χ1) is 16.4. The maximum absolute atomic E-state index is 13.1. The number of carbonyl (C=O) groups excluding carboxylic acids is 4. The highest BCUT2D eigenvalue weighted by molar-refractivity contribution is 6.30. The van der Waals surface area contributed by atoms with E-state index >= 15 is 0 Å². The van der Waals surface area contributed by atoms with Gasteiger partial charge in [0.2, 0.25) is 17.7 Å². The highest BCUT2D eigenvalue weighted by atomic mass is 35.5. The lowest BCUT2D eigenvalue weighted by atomic mass is 10.1. The first kappa shape index (κ1) is 23.8. The van der Waals surface area contributed by atoms with Crippen LogP contribution in [0.2, 0.25) is 5.02 Å². The quantitative estimate of drug-likeness (QED) is 0.629. The summed E-state index contributed by atoms with van der Waals surface area (Å²) in [5.41, 5.74) is 0.522. The SMILES string of the molecule is O=C(C[C@H]1C(=O)NCCN1C(=O)CN1CCN(C(=O)c2ccco2)CC1)Nc1cccc(Cl)c1. The molecule has 4 amide bonds. The molecule has 0 bridgehead atoms. The van der Waals surface area contributed by atoms with E-state index in [2.05, 4.69) is 10.6 Å². The molecule has 2 saturated heterocycles. The molecule has 0 aliphatic carbocycles. The number of halogens is 1. The Bertz CT molecular complexity index is 1050. The zero-order chi connectivity index (χ0) is 24.1. The minimum absolute atomic E-state index is 0.114. The molecule has 3 heterocycles. The molecule has 0 saturated carbocycles. The molecule has 180 valence electrons. The van der Waals surface area contributed by atoms with Crippen molar-refractivity contribution >= 4 is 40.9 Å². The predicted molar refractivity (Wildman–Crippen MR) is 124 cm³/mol. The number of nitrogens with one attached hydrogen (secondary N) is 2. The number of benzene rings is 1.